The fraction of sp³-hybridized carbons (Fsp3) is 0.286. The van der Waals surface area contributed by atoms with E-state index in [2.05, 4.69) is 31.0 Å². The number of rotatable bonds is 3. The van der Waals surface area contributed by atoms with E-state index in [9.17, 15) is 4.79 Å². The van der Waals surface area contributed by atoms with Crippen LogP contribution in [0, 0.1) is 20.8 Å². The molecule has 0 aliphatic carbocycles. The van der Waals surface area contributed by atoms with Crippen LogP contribution >= 0.6 is 11.3 Å². The lowest BCUT2D eigenvalue weighted by atomic mass is 10.1. The Balaban J connectivity index is 2.42. The molecule has 0 bridgehead atoms. The first kappa shape index (κ1) is 12.8. The normalized spacial score (nSPS) is 10.6. The van der Waals surface area contributed by atoms with Gasteiger partial charge in [-0.05, 0) is 26.3 Å². The molecule has 0 saturated heterocycles. The monoisotopic (exact) mass is 261 g/mol. The molecule has 0 aliphatic rings. The van der Waals surface area contributed by atoms with Gasteiger partial charge in [0.25, 0.3) is 0 Å². The Morgan fingerprint density at radius 3 is 2.67 bits per heavy atom. The third kappa shape index (κ3) is 2.59. The van der Waals surface area contributed by atoms with E-state index in [-0.39, 0.29) is 6.42 Å². The fourth-order valence-corrected chi connectivity index (χ4v) is 3.04. The number of carboxylic acids is 1. The lowest BCUT2D eigenvalue weighted by Gasteiger charge is -2.02. The molecule has 3 nitrogen and oxygen atoms in total. The summed E-state index contributed by atoms with van der Waals surface area (Å²) in [7, 11) is 0. The second kappa shape index (κ2) is 4.90. The summed E-state index contributed by atoms with van der Waals surface area (Å²) in [6, 6.07) is 6.21. The summed E-state index contributed by atoms with van der Waals surface area (Å²) in [4.78, 5) is 16.1. The van der Waals surface area contributed by atoms with E-state index in [1.807, 2.05) is 13.0 Å². The summed E-state index contributed by atoms with van der Waals surface area (Å²) in [6.07, 6.45) is 0.0500. The minimum atomic E-state index is -0.811. The van der Waals surface area contributed by atoms with Crippen molar-refractivity contribution in [2.45, 2.75) is 27.2 Å². The molecule has 2 aromatic rings. The Morgan fingerprint density at radius 1 is 1.33 bits per heavy atom. The average molecular weight is 261 g/mol. The molecule has 1 heterocycles. The van der Waals surface area contributed by atoms with E-state index in [1.165, 1.54) is 22.5 Å². The highest BCUT2D eigenvalue weighted by molar-refractivity contribution is 7.15. The van der Waals surface area contributed by atoms with Crippen LogP contribution in [0.2, 0.25) is 0 Å². The molecule has 0 saturated carbocycles. The number of nitrogens with zero attached hydrogens (tertiary/aromatic N) is 1. The molecule has 0 aliphatic heterocycles. The Kier molecular flexibility index (Phi) is 3.48. The summed E-state index contributed by atoms with van der Waals surface area (Å²) in [6.45, 7) is 5.97. The maximum atomic E-state index is 10.8. The topological polar surface area (TPSA) is 50.2 Å². The van der Waals surface area contributed by atoms with Crippen LogP contribution < -0.4 is 0 Å². The Bertz CT molecular complexity index is 602. The highest BCUT2D eigenvalue weighted by Gasteiger charge is 2.13. The van der Waals surface area contributed by atoms with Gasteiger partial charge in [0.2, 0.25) is 0 Å². The van der Waals surface area contributed by atoms with Crippen LogP contribution in [0.4, 0.5) is 0 Å². The molecule has 0 atom stereocenters. The second-order valence-corrected chi connectivity index (χ2v) is 5.50. The van der Waals surface area contributed by atoms with Crippen LogP contribution in [-0.4, -0.2) is 16.1 Å². The lowest BCUT2D eigenvalue weighted by molar-refractivity contribution is -0.136. The van der Waals surface area contributed by atoms with Crippen molar-refractivity contribution in [1.29, 1.82) is 0 Å². The van der Waals surface area contributed by atoms with Crippen molar-refractivity contribution in [2.24, 2.45) is 0 Å². The molecule has 18 heavy (non-hydrogen) atoms. The average Bonchev–Trinajstić information content (AvgIpc) is 2.59. The molecule has 4 heteroatoms. The van der Waals surface area contributed by atoms with Gasteiger partial charge in [-0.15, -0.1) is 11.3 Å². The molecule has 0 amide bonds. The van der Waals surface area contributed by atoms with E-state index in [4.69, 9.17) is 5.11 Å². The molecule has 0 radical (unpaired) electrons. The maximum Gasteiger partial charge on any atom is 0.308 e. The van der Waals surface area contributed by atoms with Gasteiger partial charge >= 0.3 is 5.97 Å². The van der Waals surface area contributed by atoms with Gasteiger partial charge in [-0.25, -0.2) is 4.98 Å². The van der Waals surface area contributed by atoms with Crippen molar-refractivity contribution in [2.75, 3.05) is 0 Å². The second-order valence-electron chi connectivity index (χ2n) is 4.42. The number of aromatic nitrogens is 1. The SMILES string of the molecule is Cc1ccc(-c2nc(C)c(CC(=O)O)s2)c(C)c1. The van der Waals surface area contributed by atoms with Gasteiger partial charge in [0, 0.05) is 10.4 Å². The molecular formula is C14H15NO2S. The summed E-state index contributed by atoms with van der Waals surface area (Å²) in [5.41, 5.74) is 4.30. The number of benzene rings is 1. The quantitative estimate of drug-likeness (QED) is 0.921. The first-order valence-corrected chi connectivity index (χ1v) is 6.54. The van der Waals surface area contributed by atoms with E-state index in [0.717, 1.165) is 21.1 Å². The first-order chi connectivity index (χ1) is 8.47. The van der Waals surface area contributed by atoms with Crippen LogP contribution in [0.15, 0.2) is 18.2 Å². The molecule has 1 N–H and O–H groups in total. The molecule has 0 fully saturated rings. The van der Waals surface area contributed by atoms with Gasteiger partial charge in [0.15, 0.2) is 0 Å². The van der Waals surface area contributed by atoms with E-state index in [0.29, 0.717) is 0 Å². The first-order valence-electron chi connectivity index (χ1n) is 5.73. The Labute approximate surface area is 110 Å². The van der Waals surface area contributed by atoms with Gasteiger partial charge in [-0.1, -0.05) is 23.8 Å². The summed E-state index contributed by atoms with van der Waals surface area (Å²) < 4.78 is 0. The van der Waals surface area contributed by atoms with Crippen molar-refractivity contribution in [1.82, 2.24) is 4.98 Å². The maximum absolute atomic E-state index is 10.8. The number of hydrogen-bond acceptors (Lipinski definition) is 3. The minimum Gasteiger partial charge on any atom is -0.481 e. The Hall–Kier alpha value is -1.68. The van der Waals surface area contributed by atoms with Crippen LogP contribution in [0.25, 0.3) is 10.6 Å². The van der Waals surface area contributed by atoms with E-state index in [1.54, 1.807) is 0 Å². The van der Waals surface area contributed by atoms with Crippen LogP contribution in [0.5, 0.6) is 0 Å². The largest absolute Gasteiger partial charge is 0.481 e. The minimum absolute atomic E-state index is 0.0500. The molecule has 2 rings (SSSR count). The highest BCUT2D eigenvalue weighted by atomic mass is 32.1. The van der Waals surface area contributed by atoms with Crippen molar-refractivity contribution >= 4 is 17.3 Å². The summed E-state index contributed by atoms with van der Waals surface area (Å²) >= 11 is 1.47. The molecule has 94 valence electrons. The van der Waals surface area contributed by atoms with Crippen LogP contribution in [0.3, 0.4) is 0 Å². The zero-order chi connectivity index (χ0) is 13.3. The molecular weight excluding hydrogens is 246 g/mol. The molecule has 0 unspecified atom stereocenters. The van der Waals surface area contributed by atoms with Crippen LogP contribution in [0.1, 0.15) is 21.7 Å². The van der Waals surface area contributed by atoms with Gasteiger partial charge in [-0.2, -0.15) is 0 Å². The third-order valence-corrected chi connectivity index (χ3v) is 4.01. The lowest BCUT2D eigenvalue weighted by Crippen LogP contribution is -1.99. The number of carbonyl (C=O) groups is 1. The van der Waals surface area contributed by atoms with Gasteiger partial charge in [0.05, 0.1) is 12.1 Å². The predicted molar refractivity (Wildman–Crippen MR) is 73.1 cm³/mol. The van der Waals surface area contributed by atoms with E-state index < -0.39 is 5.97 Å². The highest BCUT2D eigenvalue weighted by Crippen LogP contribution is 2.30. The smallest absolute Gasteiger partial charge is 0.308 e. The van der Waals surface area contributed by atoms with Crippen molar-refractivity contribution in [3.63, 3.8) is 0 Å². The van der Waals surface area contributed by atoms with Gasteiger partial charge in [-0.3, -0.25) is 4.79 Å². The number of aryl methyl sites for hydroxylation is 3. The van der Waals surface area contributed by atoms with E-state index >= 15 is 0 Å². The predicted octanol–water partition coefficient (Wildman–Crippen LogP) is 3.36. The third-order valence-electron chi connectivity index (χ3n) is 2.82. The number of thiazole rings is 1. The molecule has 0 spiro atoms. The fourth-order valence-electron chi connectivity index (χ4n) is 1.90. The van der Waals surface area contributed by atoms with Crippen molar-refractivity contribution < 1.29 is 9.90 Å². The summed E-state index contributed by atoms with van der Waals surface area (Å²) in [5.74, 6) is -0.811. The zero-order valence-electron chi connectivity index (χ0n) is 10.7. The van der Waals surface area contributed by atoms with Crippen molar-refractivity contribution in [3.8, 4) is 10.6 Å². The number of aliphatic carboxylic acids is 1. The number of hydrogen-bond donors (Lipinski definition) is 1. The van der Waals surface area contributed by atoms with Crippen LogP contribution in [-0.2, 0) is 11.2 Å². The zero-order valence-corrected chi connectivity index (χ0v) is 11.5. The standard InChI is InChI=1S/C14H15NO2S/c1-8-4-5-11(9(2)6-8)14-15-10(3)12(18-14)7-13(16)17/h4-6H,7H2,1-3H3,(H,16,17). The molecule has 1 aromatic carbocycles. The number of carboxylic acid groups (broad SMARTS) is 1. The Morgan fingerprint density at radius 2 is 2.06 bits per heavy atom. The molecule has 1 aromatic heterocycles. The van der Waals surface area contributed by atoms with Gasteiger partial charge in [0.1, 0.15) is 5.01 Å². The summed E-state index contributed by atoms with van der Waals surface area (Å²) in [5, 5.41) is 9.74. The van der Waals surface area contributed by atoms with Gasteiger partial charge < -0.3 is 5.11 Å². The van der Waals surface area contributed by atoms with Crippen molar-refractivity contribution in [3.05, 3.63) is 39.9 Å².